The summed E-state index contributed by atoms with van der Waals surface area (Å²) in [6.45, 7) is 1.69. The Kier molecular flexibility index (Phi) is 1.94. The Morgan fingerprint density at radius 2 is 2.27 bits per heavy atom. The van der Waals surface area contributed by atoms with Crippen LogP contribution in [0, 0.1) is 18.3 Å². The number of carboxylic acids is 1. The molecule has 0 saturated heterocycles. The third kappa shape index (κ3) is 1.25. The fourth-order valence-electron chi connectivity index (χ4n) is 1.72. The number of nitrogens with zero attached hydrogens (tertiary/aromatic N) is 1. The molecule has 0 bridgehead atoms. The van der Waals surface area contributed by atoms with Crippen LogP contribution in [0.1, 0.15) is 21.6 Å². The number of carbonyl (C=O) groups is 1. The fourth-order valence-corrected chi connectivity index (χ4v) is 1.72. The largest absolute Gasteiger partial charge is 0.478 e. The molecule has 0 unspecified atom stereocenters. The smallest absolute Gasteiger partial charge is 0.338 e. The zero-order valence-electron chi connectivity index (χ0n) is 8.03. The van der Waals surface area contributed by atoms with Crippen molar-refractivity contribution >= 4 is 16.9 Å². The molecule has 2 aromatic rings. The van der Waals surface area contributed by atoms with E-state index in [2.05, 4.69) is 4.98 Å². The van der Waals surface area contributed by atoms with Gasteiger partial charge in [0.05, 0.1) is 16.6 Å². The molecule has 1 aromatic carbocycles. The van der Waals surface area contributed by atoms with Crippen molar-refractivity contribution in [3.8, 4) is 6.07 Å². The molecule has 0 saturated carbocycles. The maximum absolute atomic E-state index is 11.0. The molecule has 2 rings (SSSR count). The third-order valence-electron chi connectivity index (χ3n) is 2.36. The fraction of sp³-hybridized carbons (Fsp3) is 0.0909. The van der Waals surface area contributed by atoms with Crippen molar-refractivity contribution in [1.29, 1.82) is 5.26 Å². The van der Waals surface area contributed by atoms with Gasteiger partial charge < -0.3 is 10.1 Å². The lowest BCUT2D eigenvalue weighted by Crippen LogP contribution is -1.96. The van der Waals surface area contributed by atoms with E-state index in [1.807, 2.05) is 6.07 Å². The first-order valence-corrected chi connectivity index (χ1v) is 4.40. The highest BCUT2D eigenvalue weighted by molar-refractivity contribution is 6.05. The number of aromatic amines is 1. The van der Waals surface area contributed by atoms with Gasteiger partial charge >= 0.3 is 5.97 Å². The van der Waals surface area contributed by atoms with Gasteiger partial charge in [-0.1, -0.05) is 12.1 Å². The van der Waals surface area contributed by atoms with E-state index in [9.17, 15) is 4.79 Å². The van der Waals surface area contributed by atoms with Gasteiger partial charge in [-0.05, 0) is 13.0 Å². The predicted octanol–water partition coefficient (Wildman–Crippen LogP) is 2.05. The van der Waals surface area contributed by atoms with E-state index in [0.29, 0.717) is 22.2 Å². The molecule has 0 amide bonds. The van der Waals surface area contributed by atoms with Crippen molar-refractivity contribution < 1.29 is 9.90 Å². The van der Waals surface area contributed by atoms with Gasteiger partial charge in [-0.25, -0.2) is 4.79 Å². The van der Waals surface area contributed by atoms with E-state index in [1.165, 1.54) is 0 Å². The number of hydrogen-bond acceptors (Lipinski definition) is 2. The molecule has 0 spiro atoms. The van der Waals surface area contributed by atoms with Gasteiger partial charge in [0.1, 0.15) is 6.07 Å². The first-order valence-electron chi connectivity index (χ1n) is 4.40. The second-order valence-corrected chi connectivity index (χ2v) is 3.27. The molecule has 0 aliphatic rings. The predicted molar refractivity (Wildman–Crippen MR) is 54.7 cm³/mol. The van der Waals surface area contributed by atoms with E-state index >= 15 is 0 Å². The Labute approximate surface area is 85.8 Å². The van der Waals surface area contributed by atoms with Crippen LogP contribution in [-0.2, 0) is 0 Å². The number of hydrogen-bond donors (Lipinski definition) is 2. The zero-order chi connectivity index (χ0) is 11.0. The minimum Gasteiger partial charge on any atom is -0.478 e. The lowest BCUT2D eigenvalue weighted by atomic mass is 10.1. The summed E-state index contributed by atoms with van der Waals surface area (Å²) in [4.78, 5) is 13.9. The zero-order valence-corrected chi connectivity index (χ0v) is 8.03. The van der Waals surface area contributed by atoms with Gasteiger partial charge in [0.15, 0.2) is 0 Å². The molecule has 0 fully saturated rings. The normalized spacial score (nSPS) is 10.1. The second-order valence-electron chi connectivity index (χ2n) is 3.27. The maximum Gasteiger partial charge on any atom is 0.338 e. The molecule has 74 valence electrons. The highest BCUT2D eigenvalue weighted by Gasteiger charge is 2.16. The van der Waals surface area contributed by atoms with Crippen LogP contribution in [0.3, 0.4) is 0 Å². The van der Waals surface area contributed by atoms with Crippen LogP contribution in [0.2, 0.25) is 0 Å². The van der Waals surface area contributed by atoms with Crippen LogP contribution in [0.25, 0.3) is 10.9 Å². The molecule has 2 N–H and O–H groups in total. The molecular formula is C11H8N2O2. The SMILES string of the molecule is Cc1[nH]c2c(C#N)cccc2c1C(=O)O. The van der Waals surface area contributed by atoms with Crippen molar-refractivity contribution in [1.82, 2.24) is 4.98 Å². The lowest BCUT2D eigenvalue weighted by Gasteiger charge is -1.93. The van der Waals surface area contributed by atoms with Crippen LogP contribution >= 0.6 is 0 Å². The van der Waals surface area contributed by atoms with Gasteiger partial charge in [-0.3, -0.25) is 0 Å². The number of aromatic nitrogens is 1. The standard InChI is InChI=1S/C11H8N2O2/c1-6-9(11(14)15)8-4-2-3-7(5-12)10(8)13-6/h2-4,13H,1H3,(H,14,15). The van der Waals surface area contributed by atoms with Gasteiger partial charge in [0, 0.05) is 11.1 Å². The number of aryl methyl sites for hydroxylation is 1. The van der Waals surface area contributed by atoms with Gasteiger partial charge in [0.25, 0.3) is 0 Å². The van der Waals surface area contributed by atoms with Crippen LogP contribution in [0.15, 0.2) is 18.2 Å². The van der Waals surface area contributed by atoms with E-state index in [4.69, 9.17) is 10.4 Å². The van der Waals surface area contributed by atoms with Crippen LogP contribution in [-0.4, -0.2) is 16.1 Å². The monoisotopic (exact) mass is 200 g/mol. The summed E-state index contributed by atoms with van der Waals surface area (Å²) >= 11 is 0. The molecule has 0 atom stereocenters. The van der Waals surface area contributed by atoms with Crippen LogP contribution in [0.4, 0.5) is 0 Å². The summed E-state index contributed by atoms with van der Waals surface area (Å²) in [5, 5.41) is 18.5. The van der Waals surface area contributed by atoms with E-state index in [1.54, 1.807) is 25.1 Å². The van der Waals surface area contributed by atoms with Crippen molar-refractivity contribution in [3.05, 3.63) is 35.0 Å². The van der Waals surface area contributed by atoms with Crippen molar-refractivity contribution in [2.75, 3.05) is 0 Å². The van der Waals surface area contributed by atoms with Gasteiger partial charge in [-0.2, -0.15) is 5.26 Å². The van der Waals surface area contributed by atoms with Crippen molar-refractivity contribution in [2.45, 2.75) is 6.92 Å². The van der Waals surface area contributed by atoms with Gasteiger partial charge in [0.2, 0.25) is 0 Å². The summed E-state index contributed by atoms with van der Waals surface area (Å²) < 4.78 is 0. The summed E-state index contributed by atoms with van der Waals surface area (Å²) in [5.41, 5.74) is 1.86. The summed E-state index contributed by atoms with van der Waals surface area (Å²) in [6, 6.07) is 7.06. The molecule has 0 aliphatic carbocycles. The van der Waals surface area contributed by atoms with Crippen molar-refractivity contribution in [2.24, 2.45) is 0 Å². The number of carboxylic acid groups (broad SMARTS) is 1. The number of rotatable bonds is 1. The maximum atomic E-state index is 11.0. The molecular weight excluding hydrogens is 192 g/mol. The number of aromatic carboxylic acids is 1. The minimum absolute atomic E-state index is 0.238. The molecule has 15 heavy (non-hydrogen) atoms. The average molecular weight is 200 g/mol. The molecule has 0 radical (unpaired) electrons. The number of fused-ring (bicyclic) bond motifs is 1. The summed E-state index contributed by atoms with van der Waals surface area (Å²) in [6.07, 6.45) is 0. The number of benzene rings is 1. The van der Waals surface area contributed by atoms with Crippen molar-refractivity contribution in [3.63, 3.8) is 0 Å². The molecule has 1 aromatic heterocycles. The number of nitrogens with one attached hydrogen (secondary N) is 1. The Bertz CT molecular complexity index is 590. The number of H-pyrrole nitrogens is 1. The highest BCUT2D eigenvalue weighted by atomic mass is 16.4. The Balaban J connectivity index is 2.92. The van der Waals surface area contributed by atoms with E-state index < -0.39 is 5.97 Å². The first kappa shape index (κ1) is 9.28. The molecule has 0 aliphatic heterocycles. The quantitative estimate of drug-likeness (QED) is 0.739. The average Bonchev–Trinajstić information content (AvgIpc) is 2.53. The third-order valence-corrected chi connectivity index (χ3v) is 2.36. The van der Waals surface area contributed by atoms with E-state index in [-0.39, 0.29) is 5.56 Å². The van der Waals surface area contributed by atoms with Crippen LogP contribution in [0.5, 0.6) is 0 Å². The topological polar surface area (TPSA) is 76.9 Å². The summed E-state index contributed by atoms with van der Waals surface area (Å²) in [5.74, 6) is -0.978. The number of para-hydroxylation sites is 1. The first-order chi connectivity index (χ1) is 7.15. The molecule has 4 nitrogen and oxygen atoms in total. The molecule has 4 heteroatoms. The van der Waals surface area contributed by atoms with E-state index in [0.717, 1.165) is 0 Å². The summed E-state index contributed by atoms with van der Waals surface area (Å²) in [7, 11) is 0. The lowest BCUT2D eigenvalue weighted by molar-refractivity contribution is 0.0698. The molecule has 1 heterocycles. The van der Waals surface area contributed by atoms with Crippen LogP contribution < -0.4 is 0 Å². The van der Waals surface area contributed by atoms with Gasteiger partial charge in [-0.15, -0.1) is 0 Å². The second kappa shape index (κ2) is 3.14. The Hall–Kier alpha value is -2.28. The minimum atomic E-state index is -0.978. The Morgan fingerprint density at radius 3 is 2.87 bits per heavy atom. The Morgan fingerprint density at radius 1 is 1.53 bits per heavy atom. The highest BCUT2D eigenvalue weighted by Crippen LogP contribution is 2.24. The number of nitriles is 1.